The first-order valence-electron chi connectivity index (χ1n) is 8.54. The third-order valence-corrected chi connectivity index (χ3v) is 4.90. The molecule has 1 N–H and O–H groups in total. The molecule has 25 heavy (non-hydrogen) atoms. The van der Waals surface area contributed by atoms with E-state index in [0.717, 1.165) is 18.4 Å². The van der Waals surface area contributed by atoms with Gasteiger partial charge < -0.3 is 10.1 Å². The molecule has 1 saturated carbocycles. The highest BCUT2D eigenvalue weighted by atomic mass is 16.5. The van der Waals surface area contributed by atoms with Crippen molar-refractivity contribution in [2.24, 2.45) is 0 Å². The first-order valence-corrected chi connectivity index (χ1v) is 8.54. The van der Waals surface area contributed by atoms with Crippen molar-refractivity contribution in [3.63, 3.8) is 0 Å². The SMILES string of the molecule is COc1ccc(C(C)=O)cc1CC(=O)NCC1(c2ccccc2)CC1. The summed E-state index contributed by atoms with van der Waals surface area (Å²) in [6.45, 7) is 2.16. The maximum Gasteiger partial charge on any atom is 0.224 e. The molecule has 1 amide bonds. The van der Waals surface area contributed by atoms with E-state index < -0.39 is 0 Å². The Labute approximate surface area is 148 Å². The summed E-state index contributed by atoms with van der Waals surface area (Å²) in [5.41, 5.74) is 2.69. The third kappa shape index (κ3) is 3.90. The van der Waals surface area contributed by atoms with Crippen molar-refractivity contribution in [3.8, 4) is 5.75 Å². The molecule has 1 aliphatic carbocycles. The summed E-state index contributed by atoms with van der Waals surface area (Å²) in [6, 6.07) is 15.5. The van der Waals surface area contributed by atoms with Crippen LogP contribution in [0.3, 0.4) is 0 Å². The van der Waals surface area contributed by atoms with Crippen molar-refractivity contribution >= 4 is 11.7 Å². The number of hydrogen-bond acceptors (Lipinski definition) is 3. The maximum atomic E-state index is 12.4. The molecule has 0 heterocycles. The largest absolute Gasteiger partial charge is 0.496 e. The van der Waals surface area contributed by atoms with Gasteiger partial charge in [0.2, 0.25) is 5.91 Å². The molecule has 0 radical (unpaired) electrons. The summed E-state index contributed by atoms with van der Waals surface area (Å²) in [6.07, 6.45) is 2.40. The topological polar surface area (TPSA) is 55.4 Å². The molecule has 130 valence electrons. The molecule has 0 unspecified atom stereocenters. The highest BCUT2D eigenvalue weighted by Gasteiger charge is 2.44. The number of amides is 1. The zero-order chi connectivity index (χ0) is 17.9. The number of ether oxygens (including phenoxy) is 1. The zero-order valence-electron chi connectivity index (χ0n) is 14.7. The molecule has 4 heteroatoms. The van der Waals surface area contributed by atoms with Crippen LogP contribution in [0.25, 0.3) is 0 Å². The Morgan fingerprint density at radius 2 is 1.84 bits per heavy atom. The van der Waals surface area contributed by atoms with Crippen molar-refractivity contribution < 1.29 is 14.3 Å². The number of rotatable bonds is 7. The Morgan fingerprint density at radius 3 is 2.44 bits per heavy atom. The van der Waals surface area contributed by atoms with E-state index >= 15 is 0 Å². The van der Waals surface area contributed by atoms with Gasteiger partial charge in [0.1, 0.15) is 5.75 Å². The van der Waals surface area contributed by atoms with E-state index in [4.69, 9.17) is 4.74 Å². The summed E-state index contributed by atoms with van der Waals surface area (Å²) in [7, 11) is 1.57. The minimum atomic E-state index is -0.0544. The summed E-state index contributed by atoms with van der Waals surface area (Å²) >= 11 is 0. The number of methoxy groups -OCH3 is 1. The lowest BCUT2D eigenvalue weighted by atomic mass is 9.96. The van der Waals surface area contributed by atoms with Crippen LogP contribution in [0.1, 0.15) is 41.3 Å². The van der Waals surface area contributed by atoms with Crippen LogP contribution in [0.2, 0.25) is 0 Å². The second-order valence-electron chi connectivity index (χ2n) is 6.68. The molecule has 0 aliphatic heterocycles. The summed E-state index contributed by atoms with van der Waals surface area (Å²) in [4.78, 5) is 24.0. The Hall–Kier alpha value is -2.62. The van der Waals surface area contributed by atoms with Gasteiger partial charge >= 0.3 is 0 Å². The average Bonchev–Trinajstić information content (AvgIpc) is 3.42. The van der Waals surface area contributed by atoms with Crippen LogP contribution in [0.15, 0.2) is 48.5 Å². The van der Waals surface area contributed by atoms with Crippen LogP contribution in [0.4, 0.5) is 0 Å². The van der Waals surface area contributed by atoms with Gasteiger partial charge in [-0.3, -0.25) is 9.59 Å². The predicted octanol–water partition coefficient (Wildman–Crippen LogP) is 3.29. The van der Waals surface area contributed by atoms with Gasteiger partial charge in [0.05, 0.1) is 13.5 Å². The van der Waals surface area contributed by atoms with Crippen LogP contribution in [0.5, 0.6) is 5.75 Å². The average molecular weight is 337 g/mol. The number of ketones is 1. The summed E-state index contributed by atoms with van der Waals surface area (Å²) in [5, 5.41) is 3.05. The number of carbonyl (C=O) groups is 2. The molecule has 1 aliphatic rings. The van der Waals surface area contributed by atoms with Gasteiger partial charge in [0, 0.05) is 23.1 Å². The fourth-order valence-electron chi connectivity index (χ4n) is 3.15. The minimum Gasteiger partial charge on any atom is -0.496 e. The van der Waals surface area contributed by atoms with E-state index in [1.54, 1.807) is 25.3 Å². The Balaban J connectivity index is 1.65. The summed E-state index contributed by atoms with van der Waals surface area (Å²) in [5.74, 6) is 0.552. The van der Waals surface area contributed by atoms with Crippen LogP contribution >= 0.6 is 0 Å². The molecule has 0 saturated heterocycles. The van der Waals surface area contributed by atoms with E-state index in [2.05, 4.69) is 17.4 Å². The van der Waals surface area contributed by atoms with Crippen LogP contribution in [-0.2, 0) is 16.6 Å². The number of Topliss-reactive ketones (excluding diaryl/α,β-unsaturated/α-hetero) is 1. The number of nitrogens with one attached hydrogen (secondary N) is 1. The molecule has 0 bridgehead atoms. The lowest BCUT2D eigenvalue weighted by Crippen LogP contribution is -2.33. The Kier molecular flexibility index (Phi) is 4.88. The zero-order valence-corrected chi connectivity index (χ0v) is 14.7. The van der Waals surface area contributed by atoms with Crippen LogP contribution in [0, 0.1) is 0 Å². The lowest BCUT2D eigenvalue weighted by molar-refractivity contribution is -0.120. The van der Waals surface area contributed by atoms with Gasteiger partial charge in [0.15, 0.2) is 5.78 Å². The Bertz CT molecular complexity index is 779. The highest BCUT2D eigenvalue weighted by molar-refractivity contribution is 5.94. The van der Waals surface area contributed by atoms with E-state index in [1.807, 2.05) is 18.2 Å². The van der Waals surface area contributed by atoms with Crippen molar-refractivity contribution in [1.29, 1.82) is 0 Å². The summed E-state index contributed by atoms with van der Waals surface area (Å²) < 4.78 is 5.32. The first-order chi connectivity index (χ1) is 12.0. The number of carbonyl (C=O) groups excluding carboxylic acids is 2. The van der Waals surface area contributed by atoms with Gasteiger partial charge in [0.25, 0.3) is 0 Å². The predicted molar refractivity (Wildman–Crippen MR) is 97.1 cm³/mol. The molecule has 3 rings (SSSR count). The third-order valence-electron chi connectivity index (χ3n) is 4.90. The first kappa shape index (κ1) is 17.2. The quantitative estimate of drug-likeness (QED) is 0.789. The van der Waals surface area contributed by atoms with E-state index in [9.17, 15) is 9.59 Å². The highest BCUT2D eigenvalue weighted by Crippen LogP contribution is 2.47. The fraction of sp³-hybridized carbons (Fsp3) is 0.333. The normalized spacial score (nSPS) is 14.6. The molecule has 2 aromatic carbocycles. The standard InChI is InChI=1S/C21H23NO3/c1-15(23)16-8-9-19(25-2)17(12-16)13-20(24)22-14-21(10-11-21)18-6-4-3-5-7-18/h3-9,12H,10-11,13-14H2,1-2H3,(H,22,24). The molecular formula is C21H23NO3. The molecule has 4 nitrogen and oxygen atoms in total. The minimum absolute atomic E-state index is 0.0228. The van der Waals surface area contributed by atoms with Crippen molar-refractivity contribution in [2.75, 3.05) is 13.7 Å². The van der Waals surface area contributed by atoms with Gasteiger partial charge in [-0.25, -0.2) is 0 Å². The molecule has 0 spiro atoms. The van der Waals surface area contributed by atoms with Gasteiger partial charge in [-0.1, -0.05) is 30.3 Å². The lowest BCUT2D eigenvalue weighted by Gasteiger charge is -2.17. The maximum absolute atomic E-state index is 12.4. The van der Waals surface area contributed by atoms with E-state index in [-0.39, 0.29) is 23.5 Å². The van der Waals surface area contributed by atoms with Crippen molar-refractivity contribution in [3.05, 3.63) is 65.2 Å². The second kappa shape index (κ2) is 7.09. The number of hydrogen-bond donors (Lipinski definition) is 1. The smallest absolute Gasteiger partial charge is 0.224 e. The van der Waals surface area contributed by atoms with Gasteiger partial charge in [-0.05, 0) is 43.5 Å². The molecule has 1 fully saturated rings. The van der Waals surface area contributed by atoms with Crippen LogP contribution in [-0.4, -0.2) is 25.3 Å². The van der Waals surface area contributed by atoms with E-state index in [0.29, 0.717) is 17.9 Å². The fourth-order valence-corrected chi connectivity index (χ4v) is 3.15. The van der Waals surface area contributed by atoms with Gasteiger partial charge in [-0.2, -0.15) is 0 Å². The second-order valence-corrected chi connectivity index (χ2v) is 6.68. The monoisotopic (exact) mass is 337 g/mol. The Morgan fingerprint density at radius 1 is 1.12 bits per heavy atom. The molecule has 0 atom stereocenters. The van der Waals surface area contributed by atoms with Gasteiger partial charge in [-0.15, -0.1) is 0 Å². The molecular weight excluding hydrogens is 314 g/mol. The molecule has 0 aromatic heterocycles. The molecule has 2 aromatic rings. The van der Waals surface area contributed by atoms with E-state index in [1.165, 1.54) is 12.5 Å². The van der Waals surface area contributed by atoms with Crippen molar-refractivity contribution in [2.45, 2.75) is 31.6 Å². The van der Waals surface area contributed by atoms with Crippen molar-refractivity contribution in [1.82, 2.24) is 5.32 Å². The van der Waals surface area contributed by atoms with Crippen LogP contribution < -0.4 is 10.1 Å². The number of benzene rings is 2.